The molecular weight excluding hydrogens is 258 g/mol. The van der Waals surface area contributed by atoms with Gasteiger partial charge in [-0.2, -0.15) is 0 Å². The van der Waals surface area contributed by atoms with Crippen LogP contribution in [0.25, 0.3) is 0 Å². The van der Waals surface area contributed by atoms with Gasteiger partial charge in [-0.3, -0.25) is 0 Å². The lowest BCUT2D eigenvalue weighted by Gasteiger charge is -2.31. The predicted octanol–water partition coefficient (Wildman–Crippen LogP) is 4.04. The van der Waals surface area contributed by atoms with Crippen LogP contribution in [0.3, 0.4) is 0 Å². The average molecular weight is 287 g/mol. The van der Waals surface area contributed by atoms with Crippen LogP contribution in [0.2, 0.25) is 0 Å². The highest BCUT2D eigenvalue weighted by Crippen LogP contribution is 2.39. The first kappa shape index (κ1) is 15.1. The third kappa shape index (κ3) is 3.32. The molecule has 1 saturated heterocycles. The van der Waals surface area contributed by atoms with Gasteiger partial charge >= 0.3 is 0 Å². The summed E-state index contributed by atoms with van der Waals surface area (Å²) < 4.78 is 0. The molecule has 1 aliphatic carbocycles. The van der Waals surface area contributed by atoms with Crippen molar-refractivity contribution >= 4 is 0 Å². The lowest BCUT2D eigenvalue weighted by atomic mass is 9.78. The van der Waals surface area contributed by atoms with Crippen molar-refractivity contribution in [2.24, 2.45) is 0 Å². The van der Waals surface area contributed by atoms with Crippen LogP contribution >= 0.6 is 0 Å². The molecule has 1 saturated carbocycles. The molecule has 1 aromatic carbocycles. The fourth-order valence-corrected chi connectivity index (χ4v) is 3.83. The molecule has 2 aliphatic rings. The van der Waals surface area contributed by atoms with Crippen molar-refractivity contribution < 1.29 is 5.11 Å². The quantitative estimate of drug-likeness (QED) is 0.903. The molecule has 2 fully saturated rings. The van der Waals surface area contributed by atoms with Gasteiger partial charge in [0.25, 0.3) is 0 Å². The minimum absolute atomic E-state index is 0.609. The van der Waals surface area contributed by atoms with E-state index in [-0.39, 0.29) is 0 Å². The Morgan fingerprint density at radius 1 is 1.19 bits per heavy atom. The van der Waals surface area contributed by atoms with Crippen molar-refractivity contribution in [2.75, 3.05) is 19.6 Å². The second-order valence-corrected chi connectivity index (χ2v) is 6.98. The minimum atomic E-state index is -0.609. The Morgan fingerprint density at radius 2 is 2.05 bits per heavy atom. The molecule has 1 N–H and O–H groups in total. The van der Waals surface area contributed by atoms with E-state index >= 15 is 0 Å². The molecule has 1 aromatic rings. The molecule has 0 spiro atoms. The summed E-state index contributed by atoms with van der Waals surface area (Å²) in [6.07, 6.45) is 8.10. The molecule has 0 amide bonds. The first-order valence-electron chi connectivity index (χ1n) is 8.76. The second-order valence-electron chi connectivity index (χ2n) is 6.98. The van der Waals surface area contributed by atoms with E-state index in [1.165, 1.54) is 31.2 Å². The van der Waals surface area contributed by atoms with Gasteiger partial charge in [0.15, 0.2) is 0 Å². The van der Waals surface area contributed by atoms with Crippen LogP contribution in [-0.4, -0.2) is 29.6 Å². The Bertz CT molecular complexity index is 468. The summed E-state index contributed by atoms with van der Waals surface area (Å²) in [6.45, 7) is 5.56. The number of nitrogens with zero attached hydrogens (tertiary/aromatic N) is 1. The molecule has 1 unspecified atom stereocenters. The highest BCUT2D eigenvalue weighted by molar-refractivity contribution is 5.31. The molecule has 1 heterocycles. The third-order valence-electron chi connectivity index (χ3n) is 5.45. The summed E-state index contributed by atoms with van der Waals surface area (Å²) in [7, 11) is 0. The zero-order valence-corrected chi connectivity index (χ0v) is 13.4. The maximum atomic E-state index is 11.2. The van der Waals surface area contributed by atoms with E-state index in [0.29, 0.717) is 0 Å². The van der Waals surface area contributed by atoms with E-state index in [9.17, 15) is 5.11 Å². The lowest BCUT2D eigenvalue weighted by molar-refractivity contribution is 0.0211. The van der Waals surface area contributed by atoms with E-state index in [1.807, 2.05) is 0 Å². The molecule has 0 aromatic heterocycles. The summed E-state index contributed by atoms with van der Waals surface area (Å²) in [6, 6.07) is 8.82. The molecular formula is C19H29NO. The van der Waals surface area contributed by atoms with Gasteiger partial charge in [0.1, 0.15) is 0 Å². The summed E-state index contributed by atoms with van der Waals surface area (Å²) in [5, 5.41) is 11.2. The van der Waals surface area contributed by atoms with Gasteiger partial charge in [-0.05, 0) is 68.7 Å². The summed E-state index contributed by atoms with van der Waals surface area (Å²) in [5.41, 5.74) is 1.99. The Labute approximate surface area is 129 Å². The number of benzene rings is 1. The number of likely N-dealkylation sites (tertiary alicyclic amines) is 1. The number of hydrogen-bond acceptors (Lipinski definition) is 2. The topological polar surface area (TPSA) is 23.5 Å². The monoisotopic (exact) mass is 287 g/mol. The summed E-state index contributed by atoms with van der Waals surface area (Å²) in [5.74, 6) is 0.746. The molecule has 2 heteroatoms. The largest absolute Gasteiger partial charge is 0.385 e. The van der Waals surface area contributed by atoms with Crippen molar-refractivity contribution in [3.05, 3.63) is 35.4 Å². The number of rotatable bonds is 4. The van der Waals surface area contributed by atoms with E-state index in [1.54, 1.807) is 0 Å². The van der Waals surface area contributed by atoms with Gasteiger partial charge in [0.2, 0.25) is 0 Å². The van der Waals surface area contributed by atoms with E-state index in [2.05, 4.69) is 36.1 Å². The fraction of sp³-hybridized carbons (Fsp3) is 0.684. The zero-order chi connectivity index (χ0) is 14.7. The highest BCUT2D eigenvalue weighted by Gasteiger charge is 2.32. The molecule has 116 valence electrons. The van der Waals surface area contributed by atoms with E-state index in [4.69, 9.17) is 0 Å². The van der Waals surface area contributed by atoms with Gasteiger partial charge in [0.05, 0.1) is 5.60 Å². The Balaban J connectivity index is 1.74. The normalized spacial score (nSPS) is 28.1. The Kier molecular flexibility index (Phi) is 4.66. The predicted molar refractivity (Wildman–Crippen MR) is 87.5 cm³/mol. The average Bonchev–Trinajstić information content (AvgIpc) is 2.61. The molecule has 1 aliphatic heterocycles. The Hall–Kier alpha value is -0.860. The molecule has 1 atom stereocenters. The van der Waals surface area contributed by atoms with Crippen LogP contribution in [0.15, 0.2) is 24.3 Å². The first-order chi connectivity index (χ1) is 10.2. The van der Waals surface area contributed by atoms with Crippen molar-refractivity contribution in [3.8, 4) is 0 Å². The molecule has 3 rings (SSSR count). The van der Waals surface area contributed by atoms with Crippen LogP contribution in [0.5, 0.6) is 0 Å². The third-order valence-corrected chi connectivity index (χ3v) is 5.45. The van der Waals surface area contributed by atoms with Crippen LogP contribution in [0.4, 0.5) is 0 Å². The van der Waals surface area contributed by atoms with Crippen molar-refractivity contribution in [1.82, 2.24) is 4.90 Å². The van der Waals surface area contributed by atoms with Crippen molar-refractivity contribution in [3.63, 3.8) is 0 Å². The zero-order valence-electron chi connectivity index (χ0n) is 13.4. The number of aliphatic hydroxyl groups is 1. The maximum absolute atomic E-state index is 11.2. The second kappa shape index (κ2) is 6.50. The fourth-order valence-electron chi connectivity index (χ4n) is 3.83. The summed E-state index contributed by atoms with van der Waals surface area (Å²) >= 11 is 0. The lowest BCUT2D eigenvalue weighted by Crippen LogP contribution is -2.29. The maximum Gasteiger partial charge on any atom is 0.0909 e. The molecule has 2 nitrogen and oxygen atoms in total. The van der Waals surface area contributed by atoms with Gasteiger partial charge in [-0.25, -0.2) is 0 Å². The highest BCUT2D eigenvalue weighted by atomic mass is 16.3. The molecule has 0 radical (unpaired) electrons. The van der Waals surface area contributed by atoms with Gasteiger partial charge in [0, 0.05) is 6.54 Å². The molecule has 0 bridgehead atoms. The smallest absolute Gasteiger partial charge is 0.0909 e. The summed E-state index contributed by atoms with van der Waals surface area (Å²) in [4.78, 5) is 2.51. The standard InChI is InChI=1S/C19H29NO/c1-2-12-20-13-5-10-19(21,11-14-20)18-9-4-8-17(15-18)16-6-3-7-16/h4,8-9,15-16,21H,2-3,5-7,10-14H2,1H3. The van der Waals surface area contributed by atoms with E-state index < -0.39 is 5.60 Å². The van der Waals surface area contributed by atoms with Crippen molar-refractivity contribution in [1.29, 1.82) is 0 Å². The van der Waals surface area contributed by atoms with Crippen molar-refractivity contribution in [2.45, 2.75) is 63.4 Å². The van der Waals surface area contributed by atoms with Crippen LogP contribution < -0.4 is 0 Å². The molecule has 21 heavy (non-hydrogen) atoms. The number of hydrogen-bond donors (Lipinski definition) is 1. The Morgan fingerprint density at radius 3 is 2.76 bits per heavy atom. The van der Waals surface area contributed by atoms with Gasteiger partial charge < -0.3 is 10.0 Å². The SMILES string of the molecule is CCCN1CCCC(O)(c2cccc(C3CCC3)c2)CC1. The van der Waals surface area contributed by atoms with E-state index in [0.717, 1.165) is 50.4 Å². The van der Waals surface area contributed by atoms with Crippen LogP contribution in [0, 0.1) is 0 Å². The van der Waals surface area contributed by atoms with Crippen LogP contribution in [-0.2, 0) is 5.60 Å². The first-order valence-corrected chi connectivity index (χ1v) is 8.76. The minimum Gasteiger partial charge on any atom is -0.385 e. The van der Waals surface area contributed by atoms with Gasteiger partial charge in [-0.15, -0.1) is 0 Å². The van der Waals surface area contributed by atoms with Crippen LogP contribution in [0.1, 0.15) is 68.9 Å². The van der Waals surface area contributed by atoms with Gasteiger partial charge in [-0.1, -0.05) is 37.6 Å².